The van der Waals surface area contributed by atoms with Gasteiger partial charge in [-0.05, 0) is 48.6 Å². The zero-order chi connectivity index (χ0) is 22.8. The van der Waals surface area contributed by atoms with Crippen LogP contribution in [-0.2, 0) is 6.54 Å². The molecule has 4 aromatic rings. The normalized spacial score (nSPS) is 10.8. The van der Waals surface area contributed by atoms with Crippen molar-refractivity contribution in [3.8, 4) is 0 Å². The van der Waals surface area contributed by atoms with E-state index in [9.17, 15) is 19.7 Å². The number of nitro benzene ring substituents is 1. The van der Waals surface area contributed by atoms with E-state index in [-0.39, 0.29) is 23.4 Å². The summed E-state index contributed by atoms with van der Waals surface area (Å²) < 4.78 is 0. The number of nitrogens with one attached hydrogen (secondary N) is 1. The van der Waals surface area contributed by atoms with Gasteiger partial charge in [-0.25, -0.2) is 0 Å². The van der Waals surface area contributed by atoms with Crippen molar-refractivity contribution < 1.29 is 9.72 Å². The predicted octanol–water partition coefficient (Wildman–Crippen LogP) is 4.90. The number of carbonyl (C=O) groups excluding carboxylic acids is 1. The van der Waals surface area contributed by atoms with Crippen LogP contribution in [0.1, 0.15) is 27.0 Å². The van der Waals surface area contributed by atoms with Crippen molar-refractivity contribution in [3.05, 3.63) is 116 Å². The lowest BCUT2D eigenvalue weighted by Crippen LogP contribution is -2.33. The Kier molecular flexibility index (Phi) is 5.55. The monoisotopic (exact) mass is 427 g/mol. The summed E-state index contributed by atoms with van der Waals surface area (Å²) in [5.74, 6) is -0.424. The Bertz CT molecular complexity index is 1410. The predicted molar refractivity (Wildman–Crippen MR) is 124 cm³/mol. The number of benzene rings is 3. The van der Waals surface area contributed by atoms with Crippen LogP contribution in [0.2, 0.25) is 0 Å². The summed E-state index contributed by atoms with van der Waals surface area (Å²) in [5.41, 5.74) is 3.34. The fraction of sp³-hybridized carbons (Fsp3) is 0.120. The van der Waals surface area contributed by atoms with Crippen LogP contribution < -0.4 is 10.5 Å². The lowest BCUT2D eigenvalue weighted by atomic mass is 10.1. The van der Waals surface area contributed by atoms with Gasteiger partial charge in [0, 0.05) is 28.9 Å². The van der Waals surface area contributed by atoms with Crippen LogP contribution in [0.4, 0.5) is 11.4 Å². The maximum atomic E-state index is 13.5. The van der Waals surface area contributed by atoms with Gasteiger partial charge in [-0.1, -0.05) is 42.5 Å². The molecule has 0 saturated heterocycles. The summed E-state index contributed by atoms with van der Waals surface area (Å²) in [7, 11) is 0. The molecule has 3 aromatic carbocycles. The maximum Gasteiger partial charge on any atom is 0.270 e. The number of fused-ring (bicyclic) bond motifs is 1. The second kappa shape index (κ2) is 8.47. The number of carbonyl (C=O) groups is 1. The molecule has 0 radical (unpaired) electrons. The number of aryl methyl sites for hydroxylation is 2. The van der Waals surface area contributed by atoms with Gasteiger partial charge in [-0.3, -0.25) is 19.7 Å². The number of amides is 1. The van der Waals surface area contributed by atoms with Gasteiger partial charge in [0.15, 0.2) is 0 Å². The van der Waals surface area contributed by atoms with Crippen LogP contribution in [0.5, 0.6) is 0 Å². The fourth-order valence-corrected chi connectivity index (χ4v) is 3.76. The number of aromatic nitrogens is 1. The van der Waals surface area contributed by atoms with Crippen molar-refractivity contribution in [2.75, 3.05) is 4.90 Å². The Morgan fingerprint density at radius 1 is 0.969 bits per heavy atom. The highest BCUT2D eigenvalue weighted by atomic mass is 16.6. The highest BCUT2D eigenvalue weighted by molar-refractivity contribution is 6.06. The molecule has 0 aliphatic carbocycles. The van der Waals surface area contributed by atoms with E-state index in [0.29, 0.717) is 11.3 Å². The molecule has 0 unspecified atom stereocenters. The number of nitrogens with zero attached hydrogens (tertiary/aromatic N) is 2. The van der Waals surface area contributed by atoms with Crippen molar-refractivity contribution in [1.29, 1.82) is 0 Å². The van der Waals surface area contributed by atoms with Crippen molar-refractivity contribution in [2.24, 2.45) is 0 Å². The molecular weight excluding hydrogens is 406 g/mol. The Morgan fingerprint density at radius 2 is 1.69 bits per heavy atom. The minimum Gasteiger partial charge on any atom is -0.321 e. The molecule has 0 aliphatic rings. The molecule has 32 heavy (non-hydrogen) atoms. The molecule has 0 atom stereocenters. The lowest BCUT2D eigenvalue weighted by molar-refractivity contribution is -0.384. The molecule has 7 nitrogen and oxygen atoms in total. The Balaban J connectivity index is 1.82. The molecule has 0 fully saturated rings. The van der Waals surface area contributed by atoms with E-state index in [0.717, 1.165) is 22.0 Å². The molecule has 0 bridgehead atoms. The average Bonchev–Trinajstić information content (AvgIpc) is 2.78. The number of non-ortho nitro benzene ring substituents is 1. The number of aromatic amines is 1. The number of anilines is 1. The number of hydrogen-bond donors (Lipinski definition) is 1. The molecule has 1 heterocycles. The topological polar surface area (TPSA) is 96.3 Å². The molecule has 1 amide bonds. The zero-order valence-electron chi connectivity index (χ0n) is 17.7. The summed E-state index contributed by atoms with van der Waals surface area (Å²) in [5, 5.41) is 12.1. The standard InChI is InChI=1S/C25H21N3O4/c1-16-7-3-4-12-22(16)27(25(30)19-10-6-11-21(14-19)28(31)32)15-20-13-18-9-5-8-17(2)23(18)26-24(20)29/h3-14H,15H2,1-2H3,(H,26,29). The first-order valence-electron chi connectivity index (χ1n) is 10.1. The molecule has 4 rings (SSSR count). The summed E-state index contributed by atoms with van der Waals surface area (Å²) >= 11 is 0. The van der Waals surface area contributed by atoms with Gasteiger partial charge in [-0.15, -0.1) is 0 Å². The third kappa shape index (κ3) is 4.00. The molecule has 1 N–H and O–H groups in total. The molecule has 1 aromatic heterocycles. The number of pyridine rings is 1. The van der Waals surface area contributed by atoms with Gasteiger partial charge >= 0.3 is 0 Å². The highest BCUT2D eigenvalue weighted by Crippen LogP contribution is 2.25. The minimum absolute atomic E-state index is 0.0194. The van der Waals surface area contributed by atoms with E-state index in [2.05, 4.69) is 4.98 Å². The van der Waals surface area contributed by atoms with Crippen LogP contribution in [0.15, 0.2) is 77.6 Å². The summed E-state index contributed by atoms with van der Waals surface area (Å²) in [4.78, 5) is 41.4. The van der Waals surface area contributed by atoms with Crippen molar-refractivity contribution in [3.63, 3.8) is 0 Å². The molecular formula is C25H21N3O4. The van der Waals surface area contributed by atoms with Gasteiger partial charge in [-0.2, -0.15) is 0 Å². The van der Waals surface area contributed by atoms with Gasteiger partial charge in [0.2, 0.25) is 0 Å². The second-order valence-electron chi connectivity index (χ2n) is 7.65. The first-order valence-corrected chi connectivity index (χ1v) is 10.1. The Labute approximate surface area is 184 Å². The third-order valence-electron chi connectivity index (χ3n) is 5.45. The van der Waals surface area contributed by atoms with Gasteiger partial charge in [0.1, 0.15) is 0 Å². The minimum atomic E-state index is -0.536. The van der Waals surface area contributed by atoms with Crippen molar-refractivity contribution in [1.82, 2.24) is 4.98 Å². The molecule has 0 spiro atoms. The lowest BCUT2D eigenvalue weighted by Gasteiger charge is -2.24. The van der Waals surface area contributed by atoms with Crippen LogP contribution in [-0.4, -0.2) is 15.8 Å². The van der Waals surface area contributed by atoms with E-state index < -0.39 is 10.8 Å². The first-order chi connectivity index (χ1) is 15.3. The summed E-state index contributed by atoms with van der Waals surface area (Å²) in [6.45, 7) is 3.81. The number of hydrogen-bond acceptors (Lipinski definition) is 4. The average molecular weight is 427 g/mol. The maximum absolute atomic E-state index is 13.5. The fourth-order valence-electron chi connectivity index (χ4n) is 3.76. The first kappa shape index (κ1) is 21.0. The van der Waals surface area contributed by atoms with E-state index in [1.807, 2.05) is 50.2 Å². The van der Waals surface area contributed by atoms with Crippen LogP contribution >= 0.6 is 0 Å². The number of para-hydroxylation sites is 2. The van der Waals surface area contributed by atoms with Crippen LogP contribution in [0.3, 0.4) is 0 Å². The number of nitro groups is 1. The third-order valence-corrected chi connectivity index (χ3v) is 5.45. The molecule has 0 aliphatic heterocycles. The highest BCUT2D eigenvalue weighted by Gasteiger charge is 2.22. The van der Waals surface area contributed by atoms with Crippen LogP contribution in [0, 0.1) is 24.0 Å². The van der Waals surface area contributed by atoms with E-state index in [1.54, 1.807) is 12.1 Å². The van der Waals surface area contributed by atoms with Crippen LogP contribution in [0.25, 0.3) is 10.9 Å². The largest absolute Gasteiger partial charge is 0.321 e. The zero-order valence-corrected chi connectivity index (χ0v) is 17.7. The quantitative estimate of drug-likeness (QED) is 0.362. The SMILES string of the molecule is Cc1ccccc1N(Cc1cc2cccc(C)c2[nH]c1=O)C(=O)c1cccc([N+](=O)[O-])c1. The smallest absolute Gasteiger partial charge is 0.270 e. The number of H-pyrrole nitrogens is 1. The van der Waals surface area contributed by atoms with Gasteiger partial charge in [0.25, 0.3) is 17.2 Å². The van der Waals surface area contributed by atoms with Crippen molar-refractivity contribution in [2.45, 2.75) is 20.4 Å². The van der Waals surface area contributed by atoms with Gasteiger partial charge in [0.05, 0.1) is 17.0 Å². The van der Waals surface area contributed by atoms with E-state index in [4.69, 9.17) is 0 Å². The van der Waals surface area contributed by atoms with E-state index >= 15 is 0 Å². The summed E-state index contributed by atoms with van der Waals surface area (Å²) in [6.07, 6.45) is 0. The van der Waals surface area contributed by atoms with Crippen molar-refractivity contribution >= 4 is 28.2 Å². The Hall–Kier alpha value is -4.26. The summed E-state index contributed by atoms with van der Waals surface area (Å²) in [6, 6.07) is 20.5. The number of rotatable bonds is 5. The molecule has 160 valence electrons. The second-order valence-corrected chi connectivity index (χ2v) is 7.65. The molecule has 7 heteroatoms. The van der Waals surface area contributed by atoms with E-state index in [1.165, 1.54) is 29.2 Å². The van der Waals surface area contributed by atoms with Gasteiger partial charge < -0.3 is 9.88 Å². The molecule has 0 saturated carbocycles. The Morgan fingerprint density at radius 3 is 2.44 bits per heavy atom.